The fourth-order valence-corrected chi connectivity index (χ4v) is 4.32. The SMILES string of the molecule is CC(C)N1CCC(N2CCCC(C(=O)NCC3(C)COC3)C2)CC1. The van der Waals surface area contributed by atoms with Gasteiger partial charge in [0.1, 0.15) is 0 Å². The first-order chi connectivity index (χ1) is 11.5. The lowest BCUT2D eigenvalue weighted by atomic mass is 9.88. The van der Waals surface area contributed by atoms with E-state index in [1.807, 2.05) is 0 Å². The van der Waals surface area contributed by atoms with Crippen LogP contribution in [0.2, 0.25) is 0 Å². The van der Waals surface area contributed by atoms with Gasteiger partial charge < -0.3 is 15.0 Å². The largest absolute Gasteiger partial charge is 0.380 e. The Hall–Kier alpha value is -0.650. The first kappa shape index (κ1) is 18.2. The standard InChI is InChI=1S/C19H35N3O2/c1-15(2)21-9-6-17(7-10-21)22-8-4-5-16(11-22)18(23)20-12-19(3)13-24-14-19/h15-17H,4-14H2,1-3H3,(H,20,23). The van der Waals surface area contributed by atoms with E-state index >= 15 is 0 Å². The van der Waals surface area contributed by atoms with Gasteiger partial charge in [0.05, 0.1) is 19.1 Å². The number of likely N-dealkylation sites (tertiary alicyclic amines) is 2. The zero-order valence-electron chi connectivity index (χ0n) is 15.7. The molecule has 5 heteroatoms. The topological polar surface area (TPSA) is 44.8 Å². The molecular weight excluding hydrogens is 302 g/mol. The van der Waals surface area contributed by atoms with Crippen molar-refractivity contribution in [3.05, 3.63) is 0 Å². The molecule has 3 aliphatic rings. The highest BCUT2D eigenvalue weighted by Crippen LogP contribution is 2.27. The molecule has 1 N–H and O–H groups in total. The number of nitrogens with one attached hydrogen (secondary N) is 1. The molecule has 0 spiro atoms. The number of ether oxygens (including phenoxy) is 1. The van der Waals surface area contributed by atoms with Crippen LogP contribution >= 0.6 is 0 Å². The van der Waals surface area contributed by atoms with E-state index in [0.29, 0.717) is 12.1 Å². The molecule has 3 heterocycles. The van der Waals surface area contributed by atoms with E-state index in [2.05, 4.69) is 35.9 Å². The van der Waals surface area contributed by atoms with Gasteiger partial charge in [-0.1, -0.05) is 6.92 Å². The van der Waals surface area contributed by atoms with Crippen molar-refractivity contribution in [3.63, 3.8) is 0 Å². The maximum absolute atomic E-state index is 12.6. The summed E-state index contributed by atoms with van der Waals surface area (Å²) in [6.07, 6.45) is 4.70. The quantitative estimate of drug-likeness (QED) is 0.830. The lowest BCUT2D eigenvalue weighted by Crippen LogP contribution is -2.53. The van der Waals surface area contributed by atoms with Crippen molar-refractivity contribution in [3.8, 4) is 0 Å². The predicted octanol–water partition coefficient (Wildman–Crippen LogP) is 1.72. The molecule has 0 bridgehead atoms. The molecule has 1 unspecified atom stereocenters. The Morgan fingerprint density at radius 1 is 1.21 bits per heavy atom. The number of amides is 1. The predicted molar refractivity (Wildman–Crippen MR) is 96.0 cm³/mol. The van der Waals surface area contributed by atoms with Gasteiger partial charge in [0.2, 0.25) is 5.91 Å². The normalized spacial score (nSPS) is 29.4. The van der Waals surface area contributed by atoms with Crippen molar-refractivity contribution in [2.24, 2.45) is 11.3 Å². The molecule has 0 aromatic heterocycles. The second kappa shape index (κ2) is 7.71. The fourth-order valence-electron chi connectivity index (χ4n) is 4.32. The van der Waals surface area contributed by atoms with Gasteiger partial charge in [-0.2, -0.15) is 0 Å². The van der Waals surface area contributed by atoms with E-state index < -0.39 is 0 Å². The van der Waals surface area contributed by atoms with Crippen LogP contribution in [-0.2, 0) is 9.53 Å². The summed E-state index contributed by atoms with van der Waals surface area (Å²) < 4.78 is 5.27. The molecule has 0 aromatic rings. The van der Waals surface area contributed by atoms with E-state index in [1.54, 1.807) is 0 Å². The Balaban J connectivity index is 1.45. The number of hydrogen-bond acceptors (Lipinski definition) is 4. The van der Waals surface area contributed by atoms with Crippen LogP contribution in [0.25, 0.3) is 0 Å². The zero-order chi connectivity index (χ0) is 17.2. The zero-order valence-corrected chi connectivity index (χ0v) is 15.7. The van der Waals surface area contributed by atoms with Gasteiger partial charge in [0.15, 0.2) is 0 Å². The molecule has 0 aromatic carbocycles. The molecule has 0 aliphatic carbocycles. The summed E-state index contributed by atoms with van der Waals surface area (Å²) in [6, 6.07) is 1.33. The van der Waals surface area contributed by atoms with Gasteiger partial charge in [-0.05, 0) is 59.2 Å². The molecule has 1 atom stereocenters. The lowest BCUT2D eigenvalue weighted by Gasteiger charge is -2.43. The third-order valence-corrected chi connectivity index (χ3v) is 6.16. The first-order valence-electron chi connectivity index (χ1n) is 9.80. The summed E-state index contributed by atoms with van der Waals surface area (Å²) >= 11 is 0. The molecule has 1 amide bonds. The Morgan fingerprint density at radius 3 is 2.50 bits per heavy atom. The minimum absolute atomic E-state index is 0.160. The van der Waals surface area contributed by atoms with Crippen molar-refractivity contribution in [2.45, 2.75) is 58.5 Å². The van der Waals surface area contributed by atoms with E-state index in [4.69, 9.17) is 4.74 Å². The average Bonchev–Trinajstić information content (AvgIpc) is 2.58. The minimum atomic E-state index is 0.160. The monoisotopic (exact) mass is 337 g/mol. The van der Waals surface area contributed by atoms with Crippen LogP contribution in [0.4, 0.5) is 0 Å². The number of carbonyl (C=O) groups excluding carboxylic acids is 1. The summed E-state index contributed by atoms with van der Waals surface area (Å²) in [4.78, 5) is 17.7. The second-order valence-electron chi connectivity index (χ2n) is 8.72. The van der Waals surface area contributed by atoms with Crippen LogP contribution in [0.5, 0.6) is 0 Å². The van der Waals surface area contributed by atoms with Crippen LogP contribution in [0.15, 0.2) is 0 Å². The molecule has 3 fully saturated rings. The summed E-state index contributed by atoms with van der Waals surface area (Å²) in [5.74, 6) is 0.430. The van der Waals surface area contributed by atoms with Crippen LogP contribution in [0, 0.1) is 11.3 Å². The molecule has 3 rings (SSSR count). The molecule has 3 aliphatic heterocycles. The van der Waals surface area contributed by atoms with Gasteiger partial charge in [0.25, 0.3) is 0 Å². The minimum Gasteiger partial charge on any atom is -0.380 e. The summed E-state index contributed by atoms with van der Waals surface area (Å²) in [7, 11) is 0. The van der Waals surface area contributed by atoms with Crippen molar-refractivity contribution in [1.29, 1.82) is 0 Å². The van der Waals surface area contributed by atoms with Crippen molar-refractivity contribution < 1.29 is 9.53 Å². The van der Waals surface area contributed by atoms with Gasteiger partial charge in [-0.15, -0.1) is 0 Å². The van der Waals surface area contributed by atoms with E-state index in [-0.39, 0.29) is 17.2 Å². The van der Waals surface area contributed by atoms with Gasteiger partial charge >= 0.3 is 0 Å². The number of rotatable bonds is 5. The maximum Gasteiger partial charge on any atom is 0.224 e. The first-order valence-corrected chi connectivity index (χ1v) is 9.80. The Bertz CT molecular complexity index is 428. The van der Waals surface area contributed by atoms with Crippen molar-refractivity contribution >= 4 is 5.91 Å². The third-order valence-electron chi connectivity index (χ3n) is 6.16. The number of nitrogens with zero attached hydrogens (tertiary/aromatic N) is 2. The van der Waals surface area contributed by atoms with E-state index in [0.717, 1.165) is 39.1 Å². The smallest absolute Gasteiger partial charge is 0.224 e. The van der Waals surface area contributed by atoms with Gasteiger partial charge in [-0.3, -0.25) is 9.69 Å². The van der Waals surface area contributed by atoms with Crippen LogP contribution in [-0.4, -0.2) is 73.7 Å². The lowest BCUT2D eigenvalue weighted by molar-refractivity contribution is -0.132. The fraction of sp³-hybridized carbons (Fsp3) is 0.947. The number of piperidine rings is 2. The van der Waals surface area contributed by atoms with E-state index in [9.17, 15) is 4.79 Å². The molecular formula is C19H35N3O2. The Kier molecular flexibility index (Phi) is 5.83. The van der Waals surface area contributed by atoms with Gasteiger partial charge in [-0.25, -0.2) is 0 Å². The summed E-state index contributed by atoms with van der Waals surface area (Å²) in [5, 5.41) is 3.19. The highest BCUT2D eigenvalue weighted by atomic mass is 16.5. The highest BCUT2D eigenvalue weighted by molar-refractivity contribution is 5.79. The molecule has 0 saturated carbocycles. The van der Waals surface area contributed by atoms with Crippen LogP contribution in [0.3, 0.4) is 0 Å². The van der Waals surface area contributed by atoms with E-state index in [1.165, 1.54) is 32.5 Å². The summed E-state index contributed by atoms with van der Waals surface area (Å²) in [6.45, 7) is 13.6. The second-order valence-corrected chi connectivity index (χ2v) is 8.72. The molecule has 0 radical (unpaired) electrons. The van der Waals surface area contributed by atoms with Gasteiger partial charge in [0, 0.05) is 30.6 Å². The van der Waals surface area contributed by atoms with Crippen LogP contribution < -0.4 is 5.32 Å². The third kappa shape index (κ3) is 4.30. The Morgan fingerprint density at radius 2 is 1.92 bits per heavy atom. The highest BCUT2D eigenvalue weighted by Gasteiger charge is 2.36. The molecule has 138 valence electrons. The van der Waals surface area contributed by atoms with Crippen molar-refractivity contribution in [1.82, 2.24) is 15.1 Å². The Labute approximate surface area is 147 Å². The number of carbonyl (C=O) groups is 1. The molecule has 5 nitrogen and oxygen atoms in total. The number of hydrogen-bond donors (Lipinski definition) is 1. The average molecular weight is 338 g/mol. The molecule has 3 saturated heterocycles. The molecule has 24 heavy (non-hydrogen) atoms. The summed E-state index contributed by atoms with van der Waals surface area (Å²) in [5.41, 5.74) is 0.160. The van der Waals surface area contributed by atoms with Crippen LogP contribution in [0.1, 0.15) is 46.5 Å². The maximum atomic E-state index is 12.6. The van der Waals surface area contributed by atoms with Crippen molar-refractivity contribution in [2.75, 3.05) is 45.9 Å².